The Morgan fingerprint density at radius 3 is 2.18 bits per heavy atom. The number of allylic oxidation sites excluding steroid dienone is 6. The van der Waals surface area contributed by atoms with E-state index in [-0.39, 0.29) is 49.3 Å². The van der Waals surface area contributed by atoms with Crippen LogP contribution in [0.5, 0.6) is 0 Å². The van der Waals surface area contributed by atoms with E-state index in [1.807, 2.05) is 58.1 Å². The van der Waals surface area contributed by atoms with Crippen LogP contribution in [0, 0.1) is 42.4 Å². The van der Waals surface area contributed by atoms with Crippen LogP contribution in [0.15, 0.2) is 66.2 Å². The van der Waals surface area contributed by atoms with Gasteiger partial charge in [0.15, 0.2) is 5.78 Å². The minimum Gasteiger partial charge on any atom is -0.460 e. The zero-order valence-corrected chi connectivity index (χ0v) is 54.0. The Kier molecular flexibility index (Phi) is 25.5. The van der Waals surface area contributed by atoms with E-state index in [9.17, 15) is 39.0 Å². The van der Waals surface area contributed by atoms with Crippen molar-refractivity contribution < 1.29 is 67.4 Å². The van der Waals surface area contributed by atoms with Crippen LogP contribution >= 0.6 is 0 Å². The van der Waals surface area contributed by atoms with Gasteiger partial charge in [-0.3, -0.25) is 19.2 Å². The number of aromatic nitrogens is 4. The summed E-state index contributed by atoms with van der Waals surface area (Å²) < 4.78 is 36.0. The number of cyclic esters (lactones) is 1. The van der Waals surface area contributed by atoms with Crippen molar-refractivity contribution in [3.8, 4) is 0 Å². The van der Waals surface area contributed by atoms with Crippen LogP contribution in [0.3, 0.4) is 0 Å². The zero-order chi connectivity index (χ0) is 64.7. The Morgan fingerprint density at radius 1 is 0.809 bits per heavy atom. The number of Topliss-reactive ketones (excluding diaryl/α,β-unsaturated/α-hetero) is 3. The molecule has 6 heterocycles. The highest BCUT2D eigenvalue weighted by Gasteiger charge is 2.53. The number of esters is 1. The van der Waals surface area contributed by atoms with Crippen LogP contribution in [0.25, 0.3) is 0 Å². The largest absolute Gasteiger partial charge is 0.460 e. The molecule has 2 amide bonds. The number of anilines is 3. The van der Waals surface area contributed by atoms with Gasteiger partial charge in [-0.25, -0.2) is 24.5 Å². The summed E-state index contributed by atoms with van der Waals surface area (Å²) in [5, 5.41) is 26.5. The smallest absolute Gasteiger partial charge is 0.407 e. The van der Waals surface area contributed by atoms with Crippen molar-refractivity contribution in [2.75, 3.05) is 69.6 Å². The number of amides is 2. The van der Waals surface area contributed by atoms with E-state index >= 15 is 0 Å². The molecule has 1 aliphatic carbocycles. The van der Waals surface area contributed by atoms with Crippen LogP contribution in [0.2, 0.25) is 0 Å². The van der Waals surface area contributed by atoms with Gasteiger partial charge in [0.1, 0.15) is 42.1 Å². The van der Waals surface area contributed by atoms with E-state index in [4.69, 9.17) is 34.2 Å². The molecule has 2 aromatic rings. The van der Waals surface area contributed by atoms with Crippen molar-refractivity contribution in [3.05, 3.63) is 77.3 Å². The summed E-state index contributed by atoms with van der Waals surface area (Å²) in [7, 11) is 4.50. The van der Waals surface area contributed by atoms with Crippen molar-refractivity contribution in [3.63, 3.8) is 0 Å². The van der Waals surface area contributed by atoms with Gasteiger partial charge in [-0.15, -0.1) is 0 Å². The number of alkyl carbamates (subject to hydrolysis) is 1. The number of carbonyl (C=O) groups excluding carboxylic acids is 6. The molecule has 0 spiro atoms. The maximum atomic E-state index is 14.7. The fourth-order valence-electron chi connectivity index (χ4n) is 12.9. The molecular formula is C66H97N9O14. The van der Waals surface area contributed by atoms with E-state index in [2.05, 4.69) is 35.1 Å². The first kappa shape index (κ1) is 70.0. The SMILES string of the molecule is CO[C@H]1C[C@@H]2CC[C@@H](C)[C@@](O)(O2)C(=O)C(=O)N2CCCC[C@H]2C(=O)O[C@H]([C@H](C)C[C@@H]2CC[C@@H](OC(=O)NCc3cnc(N4CCN(c5ncc(C)c(N)n5)CC4)nc3)[C@H](OC)C2)CC(=O)[C@H](C)/C=C(\C)[C@@H](O)[C@@H](OC)C(=O)[C@H](C)C[C@H](C)/C=C/C=C/C=C/1C. The zero-order valence-electron chi connectivity index (χ0n) is 54.0. The number of aliphatic hydroxyl groups excluding tert-OH is 1. The summed E-state index contributed by atoms with van der Waals surface area (Å²) in [5.41, 5.74) is 8.75. The molecule has 23 nitrogen and oxygen atoms in total. The first-order valence-electron chi connectivity index (χ1n) is 31.8. The fraction of sp³-hybridized carbons (Fsp3) is 0.667. The molecular weight excluding hydrogens is 1140 g/mol. The summed E-state index contributed by atoms with van der Waals surface area (Å²) in [4.78, 5) is 109. The van der Waals surface area contributed by atoms with Gasteiger partial charge in [0, 0.05) is 121 Å². The number of ether oxygens (including phenoxy) is 6. The van der Waals surface area contributed by atoms with Gasteiger partial charge in [0.05, 0.1) is 18.3 Å². The minimum atomic E-state index is -2.47. The predicted molar refractivity (Wildman–Crippen MR) is 334 cm³/mol. The quantitative estimate of drug-likeness (QED) is 0.101. The maximum Gasteiger partial charge on any atom is 0.407 e. The second-order valence-corrected chi connectivity index (χ2v) is 25.4. The Hall–Kier alpha value is -6.50. The molecule has 4 fully saturated rings. The van der Waals surface area contributed by atoms with E-state index < -0.39 is 102 Å². The first-order chi connectivity index (χ1) is 42.4. The number of aliphatic hydroxyl groups is 2. The molecule has 0 aromatic carbocycles. The Bertz CT molecular complexity index is 2880. The first-order valence-corrected chi connectivity index (χ1v) is 31.8. The summed E-state index contributed by atoms with van der Waals surface area (Å²) in [6.45, 7) is 17.3. The lowest BCUT2D eigenvalue weighted by molar-refractivity contribution is -0.265. The van der Waals surface area contributed by atoms with Crippen molar-refractivity contribution in [1.29, 1.82) is 0 Å². The number of nitrogens with one attached hydrogen (secondary N) is 1. The number of hydrogen-bond acceptors (Lipinski definition) is 21. The molecule has 89 heavy (non-hydrogen) atoms. The standard InChI is InChI=1S/C66H97N9O14/c1-39-17-13-12-14-18-40(2)53(84-9)33-49-22-20-46(8)66(83,89-49)59(79)61(80)75-24-16-15-19-50(75)62(81)87-54(34-51(76)41(3)30-44(6)57(78)58(86-11)56(77)43(5)29-39)42(4)31-47-21-23-52(55(32-47)85-10)88-65(82)71-38-48-36-69-63(70-37-48)73-25-27-74(28-26-73)64-68-35-45(7)60(67)72-64/h12-14,17-18,30,35-37,39,41-43,46-47,49-50,52-55,57-58,78,83H,15-16,19-29,31-34,38H2,1-11H3,(H,71,82)(H2,67,68,72)/b14-12+,17-13+,40-18+,44-30+/t39-,41-,42-,43-,46-,47+,49+,50+,52-,53+,54+,55-,57-,58+,66-/m1/s1. The number of fused-ring (bicyclic) bond motifs is 3. The number of piperidine rings is 1. The van der Waals surface area contributed by atoms with Gasteiger partial charge in [-0.1, -0.05) is 71.1 Å². The third-order valence-corrected chi connectivity index (χ3v) is 18.7. The molecule has 0 radical (unpaired) electrons. The molecule has 2 aromatic heterocycles. The Morgan fingerprint density at radius 2 is 1.51 bits per heavy atom. The van der Waals surface area contributed by atoms with Crippen molar-refractivity contribution >= 4 is 53.0 Å². The minimum absolute atomic E-state index is 0.00934. The number of methoxy groups -OCH3 is 3. The van der Waals surface area contributed by atoms with Crippen LogP contribution in [0.1, 0.15) is 137 Å². The highest BCUT2D eigenvalue weighted by Crippen LogP contribution is 2.38. The molecule has 7 rings (SSSR count). The van der Waals surface area contributed by atoms with Crippen molar-refractivity contribution in [2.24, 2.45) is 35.5 Å². The number of nitrogens with two attached hydrogens (primary N) is 1. The number of nitrogen functional groups attached to an aromatic ring is 1. The van der Waals surface area contributed by atoms with Gasteiger partial charge >= 0.3 is 12.1 Å². The van der Waals surface area contributed by atoms with Crippen LogP contribution in [0.4, 0.5) is 22.5 Å². The van der Waals surface area contributed by atoms with Gasteiger partial charge < -0.3 is 64.4 Å². The van der Waals surface area contributed by atoms with Gasteiger partial charge in [0.25, 0.3) is 11.7 Å². The van der Waals surface area contributed by atoms with Crippen LogP contribution in [-0.4, -0.2) is 179 Å². The molecule has 5 N–H and O–H groups in total. The van der Waals surface area contributed by atoms with Gasteiger partial charge in [0.2, 0.25) is 17.7 Å². The second kappa shape index (κ2) is 32.5. The number of aryl methyl sites for hydroxylation is 1. The third-order valence-electron chi connectivity index (χ3n) is 18.7. The normalized spacial score (nSPS) is 33.6. The lowest BCUT2D eigenvalue weighted by Gasteiger charge is -2.42. The van der Waals surface area contributed by atoms with Gasteiger partial charge in [-0.05, 0) is 114 Å². The van der Waals surface area contributed by atoms with E-state index in [1.165, 1.54) is 12.0 Å². The monoisotopic (exact) mass is 1240 g/mol. The highest BCUT2D eigenvalue weighted by molar-refractivity contribution is 6.39. The molecule has 5 aliphatic rings. The lowest BCUT2D eigenvalue weighted by Crippen LogP contribution is -2.61. The average Bonchev–Trinajstić information content (AvgIpc) is 3.24. The van der Waals surface area contributed by atoms with Crippen LogP contribution in [-0.2, 0) is 58.9 Å². The van der Waals surface area contributed by atoms with E-state index in [0.717, 1.165) is 11.1 Å². The maximum absolute atomic E-state index is 14.7. The summed E-state index contributed by atoms with van der Waals surface area (Å²) in [5.74, 6) is -6.94. The highest BCUT2D eigenvalue weighted by atomic mass is 16.6. The number of piperazine rings is 1. The fourth-order valence-corrected chi connectivity index (χ4v) is 12.9. The van der Waals surface area contributed by atoms with Crippen LogP contribution < -0.4 is 20.9 Å². The third kappa shape index (κ3) is 18.4. The van der Waals surface area contributed by atoms with E-state index in [1.54, 1.807) is 66.6 Å². The summed E-state index contributed by atoms with van der Waals surface area (Å²) >= 11 is 0. The molecule has 490 valence electrons. The van der Waals surface area contributed by atoms with Crippen molar-refractivity contribution in [1.82, 2.24) is 30.2 Å². The van der Waals surface area contributed by atoms with E-state index in [0.29, 0.717) is 119 Å². The molecule has 2 bridgehead atoms. The molecule has 0 unspecified atom stereocenters. The molecule has 3 saturated heterocycles. The molecule has 15 atom stereocenters. The second-order valence-electron chi connectivity index (χ2n) is 25.4. The number of hydrogen-bond donors (Lipinski definition) is 4. The molecule has 4 aliphatic heterocycles. The number of ketones is 3. The summed E-state index contributed by atoms with van der Waals surface area (Å²) in [6.07, 6.45) is 14.6. The summed E-state index contributed by atoms with van der Waals surface area (Å²) in [6, 6.07) is -1.20. The topological polar surface area (TPSA) is 298 Å². The molecule has 23 heteroatoms. The van der Waals surface area contributed by atoms with Crippen molar-refractivity contribution in [2.45, 2.75) is 194 Å². The number of rotatable bonds is 11. The Balaban J connectivity index is 1.04. The predicted octanol–water partition coefficient (Wildman–Crippen LogP) is 6.91. The Labute approximate surface area is 524 Å². The average molecular weight is 1240 g/mol. The molecule has 1 saturated carbocycles. The van der Waals surface area contributed by atoms with Gasteiger partial charge in [-0.2, -0.15) is 4.98 Å². The lowest BCUT2D eigenvalue weighted by atomic mass is 9.78. The number of carbonyl (C=O) groups is 6. The number of nitrogens with zero attached hydrogens (tertiary/aromatic N) is 7.